The maximum Gasteiger partial charge on any atom is 0.141 e. The summed E-state index contributed by atoms with van der Waals surface area (Å²) in [5.74, 6) is -0.303. The molecule has 0 amide bonds. The van der Waals surface area contributed by atoms with Gasteiger partial charge in [-0.25, -0.2) is 4.39 Å². The van der Waals surface area contributed by atoms with E-state index in [2.05, 4.69) is 27.3 Å². The lowest BCUT2D eigenvalue weighted by Gasteiger charge is -2.20. The molecule has 0 aliphatic heterocycles. The summed E-state index contributed by atoms with van der Waals surface area (Å²) in [5, 5.41) is 7.40. The van der Waals surface area contributed by atoms with E-state index in [0.717, 1.165) is 25.2 Å². The number of hydrogen-bond donors (Lipinski definition) is 1. The molecule has 2 rings (SSSR count). The van der Waals surface area contributed by atoms with Crippen molar-refractivity contribution in [3.05, 3.63) is 47.8 Å². The molecule has 1 atom stereocenters. The number of halogens is 1. The van der Waals surface area contributed by atoms with Crippen LogP contribution in [0.3, 0.4) is 0 Å². The van der Waals surface area contributed by atoms with E-state index in [-0.39, 0.29) is 11.9 Å². The van der Waals surface area contributed by atoms with Crippen LogP contribution in [0.4, 0.5) is 4.39 Å². The van der Waals surface area contributed by atoms with Gasteiger partial charge in [-0.2, -0.15) is 5.10 Å². The van der Waals surface area contributed by atoms with E-state index in [1.807, 2.05) is 31.2 Å². The zero-order valence-electron chi connectivity index (χ0n) is 12.8. The number of nitrogens with one attached hydrogen (secondary N) is 1. The van der Waals surface area contributed by atoms with E-state index in [9.17, 15) is 4.39 Å². The Morgan fingerprint density at radius 3 is 2.76 bits per heavy atom. The van der Waals surface area contributed by atoms with Crippen LogP contribution < -0.4 is 5.32 Å². The van der Waals surface area contributed by atoms with Crippen LogP contribution in [0.15, 0.2) is 30.7 Å². The summed E-state index contributed by atoms with van der Waals surface area (Å²) < 4.78 is 14.7. The molecule has 0 bridgehead atoms. The molecular formula is C15H22FN5. The number of hydrogen-bond acceptors (Lipinski definition) is 4. The van der Waals surface area contributed by atoms with Gasteiger partial charge in [-0.3, -0.25) is 9.67 Å². The van der Waals surface area contributed by atoms with Gasteiger partial charge in [0, 0.05) is 31.9 Å². The molecule has 2 heterocycles. The number of aryl methyl sites for hydroxylation is 1. The van der Waals surface area contributed by atoms with Gasteiger partial charge in [0.25, 0.3) is 0 Å². The van der Waals surface area contributed by atoms with E-state index in [1.165, 1.54) is 17.8 Å². The minimum atomic E-state index is -0.303. The lowest BCUT2D eigenvalue weighted by Crippen LogP contribution is -2.25. The molecule has 114 valence electrons. The largest absolute Gasteiger partial charge is 0.312 e. The molecule has 0 aliphatic rings. The van der Waals surface area contributed by atoms with Crippen LogP contribution >= 0.6 is 0 Å². The number of pyridine rings is 1. The van der Waals surface area contributed by atoms with E-state index >= 15 is 0 Å². The summed E-state index contributed by atoms with van der Waals surface area (Å²) in [6, 6.07) is 3.31. The normalized spacial score (nSPS) is 12.8. The van der Waals surface area contributed by atoms with Crippen molar-refractivity contribution in [3.63, 3.8) is 0 Å². The first-order chi connectivity index (χ1) is 10.1. The Bertz CT molecular complexity index is 551. The van der Waals surface area contributed by atoms with Crippen molar-refractivity contribution < 1.29 is 4.39 Å². The molecule has 1 N–H and O–H groups in total. The number of nitrogens with zero attached hydrogens (tertiary/aromatic N) is 4. The summed E-state index contributed by atoms with van der Waals surface area (Å²) in [6.45, 7) is 1.78. The van der Waals surface area contributed by atoms with Crippen LogP contribution in [-0.4, -0.2) is 40.3 Å². The van der Waals surface area contributed by atoms with Gasteiger partial charge in [-0.1, -0.05) is 0 Å². The van der Waals surface area contributed by atoms with Crippen LogP contribution in [0.2, 0.25) is 0 Å². The Balaban J connectivity index is 1.86. The highest BCUT2D eigenvalue weighted by molar-refractivity contribution is 5.10. The SMILES string of the molecule is CNC(CCN(C)Cc1cnn(C)c1)c1ccc(F)cn1. The Hall–Kier alpha value is -1.79. The second-order valence-electron chi connectivity index (χ2n) is 5.29. The average Bonchev–Trinajstić information content (AvgIpc) is 2.86. The lowest BCUT2D eigenvalue weighted by molar-refractivity contribution is 0.302. The lowest BCUT2D eigenvalue weighted by atomic mass is 10.1. The molecule has 0 spiro atoms. The van der Waals surface area contributed by atoms with Crippen molar-refractivity contribution in [1.82, 2.24) is 25.0 Å². The molecule has 0 aromatic carbocycles. The second-order valence-corrected chi connectivity index (χ2v) is 5.29. The summed E-state index contributed by atoms with van der Waals surface area (Å²) >= 11 is 0. The van der Waals surface area contributed by atoms with Crippen molar-refractivity contribution in [2.45, 2.75) is 19.0 Å². The van der Waals surface area contributed by atoms with Crippen molar-refractivity contribution in [3.8, 4) is 0 Å². The smallest absolute Gasteiger partial charge is 0.141 e. The molecule has 2 aromatic heterocycles. The van der Waals surface area contributed by atoms with E-state index in [0.29, 0.717) is 0 Å². The van der Waals surface area contributed by atoms with Crippen LogP contribution in [0.1, 0.15) is 23.7 Å². The second kappa shape index (κ2) is 7.28. The summed E-state index contributed by atoms with van der Waals surface area (Å²) in [6.07, 6.45) is 6.08. The van der Waals surface area contributed by atoms with Crippen molar-refractivity contribution in [2.75, 3.05) is 20.6 Å². The first-order valence-electron chi connectivity index (χ1n) is 7.03. The van der Waals surface area contributed by atoms with E-state index in [1.54, 1.807) is 6.07 Å². The first kappa shape index (κ1) is 15.6. The summed E-state index contributed by atoms with van der Waals surface area (Å²) in [4.78, 5) is 6.39. The third-order valence-electron chi connectivity index (χ3n) is 3.47. The molecule has 0 radical (unpaired) electrons. The molecule has 0 aliphatic carbocycles. The first-order valence-corrected chi connectivity index (χ1v) is 7.03. The molecular weight excluding hydrogens is 269 g/mol. The van der Waals surface area contributed by atoms with Crippen LogP contribution in [0.5, 0.6) is 0 Å². The van der Waals surface area contributed by atoms with Gasteiger partial charge >= 0.3 is 0 Å². The molecule has 5 nitrogen and oxygen atoms in total. The minimum absolute atomic E-state index is 0.127. The third kappa shape index (κ3) is 4.61. The van der Waals surface area contributed by atoms with Crippen LogP contribution in [0, 0.1) is 5.82 Å². The van der Waals surface area contributed by atoms with Gasteiger partial charge in [0.05, 0.1) is 24.1 Å². The predicted molar refractivity (Wildman–Crippen MR) is 80.2 cm³/mol. The van der Waals surface area contributed by atoms with E-state index < -0.39 is 0 Å². The van der Waals surface area contributed by atoms with Gasteiger partial charge in [-0.05, 0) is 32.6 Å². The summed E-state index contributed by atoms with van der Waals surface area (Å²) in [5.41, 5.74) is 2.06. The fourth-order valence-electron chi connectivity index (χ4n) is 2.33. The zero-order chi connectivity index (χ0) is 15.2. The van der Waals surface area contributed by atoms with Crippen LogP contribution in [-0.2, 0) is 13.6 Å². The van der Waals surface area contributed by atoms with Crippen molar-refractivity contribution in [1.29, 1.82) is 0 Å². The Morgan fingerprint density at radius 1 is 1.38 bits per heavy atom. The fraction of sp³-hybridized carbons (Fsp3) is 0.467. The highest BCUT2D eigenvalue weighted by atomic mass is 19.1. The monoisotopic (exact) mass is 291 g/mol. The van der Waals surface area contributed by atoms with Crippen molar-refractivity contribution >= 4 is 0 Å². The molecule has 2 aromatic rings. The quantitative estimate of drug-likeness (QED) is 0.844. The Labute approximate surface area is 124 Å². The molecule has 1 unspecified atom stereocenters. The van der Waals surface area contributed by atoms with Crippen molar-refractivity contribution in [2.24, 2.45) is 7.05 Å². The maximum atomic E-state index is 12.9. The zero-order valence-corrected chi connectivity index (χ0v) is 12.8. The third-order valence-corrected chi connectivity index (χ3v) is 3.47. The minimum Gasteiger partial charge on any atom is -0.312 e. The fourth-order valence-corrected chi connectivity index (χ4v) is 2.33. The standard InChI is InChI=1S/C15H22FN5/c1-17-14(15-5-4-13(16)9-18-15)6-7-20(2)10-12-8-19-21(3)11-12/h4-5,8-9,11,14,17H,6-7,10H2,1-3H3. The molecule has 0 fully saturated rings. The molecule has 0 saturated heterocycles. The number of aromatic nitrogens is 3. The average molecular weight is 291 g/mol. The molecule has 0 saturated carbocycles. The van der Waals surface area contributed by atoms with Gasteiger partial charge in [0.1, 0.15) is 5.82 Å². The summed E-state index contributed by atoms with van der Waals surface area (Å²) in [7, 11) is 5.90. The van der Waals surface area contributed by atoms with E-state index in [4.69, 9.17) is 0 Å². The maximum absolute atomic E-state index is 12.9. The highest BCUT2D eigenvalue weighted by Gasteiger charge is 2.12. The predicted octanol–water partition coefficient (Wildman–Crippen LogP) is 1.74. The Kier molecular flexibility index (Phi) is 5.41. The van der Waals surface area contributed by atoms with Gasteiger partial charge in [0.2, 0.25) is 0 Å². The van der Waals surface area contributed by atoms with Crippen LogP contribution in [0.25, 0.3) is 0 Å². The molecule has 21 heavy (non-hydrogen) atoms. The number of rotatable bonds is 7. The van der Waals surface area contributed by atoms with Gasteiger partial charge in [-0.15, -0.1) is 0 Å². The Morgan fingerprint density at radius 2 is 2.19 bits per heavy atom. The van der Waals surface area contributed by atoms with Gasteiger partial charge < -0.3 is 10.2 Å². The van der Waals surface area contributed by atoms with Gasteiger partial charge in [0.15, 0.2) is 0 Å². The molecule has 6 heteroatoms. The topological polar surface area (TPSA) is 46.0 Å². The highest BCUT2D eigenvalue weighted by Crippen LogP contribution is 2.15.